The molecule has 3 rings (SSSR count). The molecule has 1 aromatic carbocycles. The molecule has 1 saturated carbocycles. The highest BCUT2D eigenvalue weighted by Crippen LogP contribution is 2.24. The summed E-state index contributed by atoms with van der Waals surface area (Å²) in [5.74, 6) is 0.287. The van der Waals surface area contributed by atoms with Crippen LogP contribution in [0.25, 0.3) is 0 Å². The van der Waals surface area contributed by atoms with Crippen molar-refractivity contribution >= 4 is 29.2 Å². The van der Waals surface area contributed by atoms with Crippen molar-refractivity contribution in [1.82, 2.24) is 15.5 Å². The number of likely N-dealkylation sites (tertiary alicyclic amines) is 1. The van der Waals surface area contributed by atoms with Crippen molar-refractivity contribution in [3.63, 3.8) is 0 Å². The molecular weight excluding hydrogens is 352 g/mol. The van der Waals surface area contributed by atoms with E-state index in [1.165, 1.54) is 0 Å². The van der Waals surface area contributed by atoms with Gasteiger partial charge in [0.1, 0.15) is 0 Å². The number of amides is 3. The van der Waals surface area contributed by atoms with Crippen LogP contribution in [0.4, 0.5) is 10.5 Å². The quantitative estimate of drug-likeness (QED) is 0.712. The highest BCUT2D eigenvalue weighted by Gasteiger charge is 2.25. The summed E-state index contributed by atoms with van der Waals surface area (Å²) in [6.07, 6.45) is 3.13. The molecule has 3 amide bonds. The number of hydrogen-bond donors (Lipinski definition) is 3. The van der Waals surface area contributed by atoms with Crippen molar-refractivity contribution in [2.75, 3.05) is 25.0 Å². The smallest absolute Gasteiger partial charge is 0.319 e. The molecule has 1 aromatic rings. The molecule has 1 saturated heterocycles. The van der Waals surface area contributed by atoms with Crippen LogP contribution in [0.2, 0.25) is 5.02 Å². The zero-order valence-electron chi connectivity index (χ0n) is 15.3. The molecule has 7 heteroatoms. The molecule has 1 atom stereocenters. The highest BCUT2D eigenvalue weighted by molar-refractivity contribution is 6.34. The largest absolute Gasteiger partial charge is 0.349 e. The van der Waals surface area contributed by atoms with Crippen LogP contribution in [0.15, 0.2) is 18.2 Å². The van der Waals surface area contributed by atoms with Crippen LogP contribution < -0.4 is 16.0 Å². The van der Waals surface area contributed by atoms with Crippen LogP contribution in [0.3, 0.4) is 0 Å². The number of halogens is 1. The second-order valence-electron chi connectivity index (χ2n) is 7.52. The molecule has 2 fully saturated rings. The lowest BCUT2D eigenvalue weighted by molar-refractivity contribution is 0.0951. The van der Waals surface area contributed by atoms with Gasteiger partial charge in [0.15, 0.2) is 0 Å². The molecule has 2 aliphatic rings. The van der Waals surface area contributed by atoms with Gasteiger partial charge < -0.3 is 20.9 Å². The minimum Gasteiger partial charge on any atom is -0.349 e. The van der Waals surface area contributed by atoms with Crippen molar-refractivity contribution in [2.45, 2.75) is 45.2 Å². The summed E-state index contributed by atoms with van der Waals surface area (Å²) in [7, 11) is 0. The fraction of sp³-hybridized carbons (Fsp3) is 0.579. The number of urea groups is 1. The van der Waals surface area contributed by atoms with Gasteiger partial charge in [-0.15, -0.1) is 0 Å². The molecule has 6 nitrogen and oxygen atoms in total. The lowest BCUT2D eigenvalue weighted by Crippen LogP contribution is -2.35. The molecule has 142 valence electrons. The average molecular weight is 379 g/mol. The third-order valence-electron chi connectivity index (χ3n) is 4.98. The number of rotatable bonds is 6. The Morgan fingerprint density at radius 2 is 2.04 bits per heavy atom. The molecule has 1 heterocycles. The van der Waals surface area contributed by atoms with Crippen LogP contribution in [0.5, 0.6) is 0 Å². The van der Waals surface area contributed by atoms with Gasteiger partial charge in [0.2, 0.25) is 0 Å². The van der Waals surface area contributed by atoms with Crippen LogP contribution in [-0.4, -0.2) is 48.6 Å². The molecule has 0 radical (unpaired) electrons. The summed E-state index contributed by atoms with van der Waals surface area (Å²) in [4.78, 5) is 26.8. The van der Waals surface area contributed by atoms with E-state index in [1.807, 2.05) is 0 Å². The normalized spacial score (nSPS) is 20.2. The summed E-state index contributed by atoms with van der Waals surface area (Å²) in [5.41, 5.74) is 0.947. The third kappa shape index (κ3) is 5.11. The predicted molar refractivity (Wildman–Crippen MR) is 104 cm³/mol. The maximum absolute atomic E-state index is 12.2. The second-order valence-corrected chi connectivity index (χ2v) is 7.93. The minimum atomic E-state index is -0.260. The summed E-state index contributed by atoms with van der Waals surface area (Å²) in [6.45, 7) is 7.14. The van der Waals surface area contributed by atoms with E-state index >= 15 is 0 Å². The van der Waals surface area contributed by atoms with Gasteiger partial charge in [-0.25, -0.2) is 4.79 Å². The van der Waals surface area contributed by atoms with Crippen molar-refractivity contribution < 1.29 is 9.59 Å². The SMILES string of the molecule is CC(C)N1CCC(CNC(=O)Nc2ccc(Cl)c(C(=O)NC3CC3)c2)C1. The molecule has 3 N–H and O–H groups in total. The van der Waals surface area contributed by atoms with Crippen molar-refractivity contribution in [3.05, 3.63) is 28.8 Å². The summed E-state index contributed by atoms with van der Waals surface area (Å²) < 4.78 is 0. The number of carbonyl (C=O) groups excluding carboxylic acids is 2. The Kier molecular flexibility index (Phi) is 6.04. The van der Waals surface area contributed by atoms with Crippen LogP contribution >= 0.6 is 11.6 Å². The van der Waals surface area contributed by atoms with E-state index in [4.69, 9.17) is 11.6 Å². The molecule has 26 heavy (non-hydrogen) atoms. The van der Waals surface area contributed by atoms with Gasteiger partial charge in [-0.05, 0) is 63.8 Å². The van der Waals surface area contributed by atoms with Crippen LogP contribution in [-0.2, 0) is 0 Å². The topological polar surface area (TPSA) is 73.5 Å². The Labute approximate surface area is 159 Å². The maximum Gasteiger partial charge on any atom is 0.319 e. The summed E-state index contributed by atoms with van der Waals surface area (Å²) in [5, 5.41) is 9.01. The number of nitrogens with one attached hydrogen (secondary N) is 3. The van der Waals surface area contributed by atoms with Crippen LogP contribution in [0, 0.1) is 5.92 Å². The van der Waals surface area contributed by atoms with Gasteiger partial charge in [-0.3, -0.25) is 4.79 Å². The Balaban J connectivity index is 1.50. The maximum atomic E-state index is 12.2. The van der Waals surface area contributed by atoms with Gasteiger partial charge in [0.25, 0.3) is 5.91 Å². The lowest BCUT2D eigenvalue weighted by Gasteiger charge is -2.20. The number of benzene rings is 1. The Morgan fingerprint density at radius 3 is 2.69 bits per heavy atom. The molecule has 1 unspecified atom stereocenters. The first-order valence-corrected chi connectivity index (χ1v) is 9.69. The first-order chi connectivity index (χ1) is 12.4. The van der Waals surface area contributed by atoms with E-state index in [-0.39, 0.29) is 18.0 Å². The first kappa shape index (κ1) is 19.0. The van der Waals surface area contributed by atoms with E-state index in [9.17, 15) is 9.59 Å². The van der Waals surface area contributed by atoms with E-state index in [1.54, 1.807) is 18.2 Å². The summed E-state index contributed by atoms with van der Waals surface area (Å²) in [6, 6.07) is 5.50. The number of anilines is 1. The third-order valence-corrected chi connectivity index (χ3v) is 5.31. The first-order valence-electron chi connectivity index (χ1n) is 9.31. The van der Waals surface area contributed by atoms with Gasteiger partial charge in [0.05, 0.1) is 10.6 Å². The summed E-state index contributed by atoms with van der Waals surface area (Å²) >= 11 is 6.12. The Bertz CT molecular complexity index is 676. The average Bonchev–Trinajstić information content (AvgIpc) is 3.27. The van der Waals surface area contributed by atoms with Gasteiger partial charge in [-0.1, -0.05) is 11.6 Å². The van der Waals surface area contributed by atoms with Crippen LogP contribution in [0.1, 0.15) is 43.5 Å². The zero-order valence-corrected chi connectivity index (χ0v) is 16.1. The second kappa shape index (κ2) is 8.27. The minimum absolute atomic E-state index is 0.193. The van der Waals surface area contributed by atoms with Gasteiger partial charge in [-0.2, -0.15) is 0 Å². The Morgan fingerprint density at radius 1 is 1.27 bits per heavy atom. The molecule has 0 spiro atoms. The van der Waals surface area contributed by atoms with Gasteiger partial charge >= 0.3 is 6.03 Å². The molecule has 0 aromatic heterocycles. The van der Waals surface area contributed by atoms with E-state index in [2.05, 4.69) is 34.7 Å². The van der Waals surface area contributed by atoms with E-state index < -0.39 is 0 Å². The molecule has 1 aliphatic heterocycles. The Hall–Kier alpha value is -1.79. The van der Waals surface area contributed by atoms with Crippen molar-refractivity contribution in [3.8, 4) is 0 Å². The van der Waals surface area contributed by atoms with E-state index in [0.717, 1.165) is 32.4 Å². The molecule has 1 aliphatic carbocycles. The fourth-order valence-corrected chi connectivity index (χ4v) is 3.38. The fourth-order valence-electron chi connectivity index (χ4n) is 3.18. The van der Waals surface area contributed by atoms with Gasteiger partial charge in [0, 0.05) is 30.9 Å². The van der Waals surface area contributed by atoms with Crippen molar-refractivity contribution in [1.29, 1.82) is 0 Å². The molecular formula is C19H27ClN4O2. The van der Waals surface area contributed by atoms with E-state index in [0.29, 0.717) is 34.8 Å². The highest BCUT2D eigenvalue weighted by atomic mass is 35.5. The zero-order chi connectivity index (χ0) is 18.7. The number of nitrogens with zero attached hydrogens (tertiary/aromatic N) is 1. The van der Waals surface area contributed by atoms with Crippen molar-refractivity contribution in [2.24, 2.45) is 5.92 Å². The predicted octanol–water partition coefficient (Wildman–Crippen LogP) is 3.08. The lowest BCUT2D eigenvalue weighted by atomic mass is 10.1. The number of hydrogen-bond acceptors (Lipinski definition) is 3. The monoisotopic (exact) mass is 378 g/mol. The standard InChI is InChI=1S/C19H27ClN4O2/c1-12(2)24-8-7-13(11-24)10-21-19(26)23-15-5-6-17(20)16(9-15)18(25)22-14-3-4-14/h5-6,9,12-14H,3-4,7-8,10-11H2,1-2H3,(H,22,25)(H2,21,23,26). The number of carbonyl (C=O) groups is 2. The molecule has 0 bridgehead atoms.